The first-order chi connectivity index (χ1) is 12.6. The molecule has 0 spiro atoms. The molecule has 3 aromatic rings. The number of halogens is 1. The summed E-state index contributed by atoms with van der Waals surface area (Å²) in [5.74, 6) is 0.158. The summed E-state index contributed by atoms with van der Waals surface area (Å²) in [4.78, 5) is 12.4. The zero-order chi connectivity index (χ0) is 18.4. The van der Waals surface area contributed by atoms with Crippen molar-refractivity contribution in [3.63, 3.8) is 0 Å². The normalized spacial score (nSPS) is 11.8. The summed E-state index contributed by atoms with van der Waals surface area (Å²) in [5.41, 5.74) is 1.51. The van der Waals surface area contributed by atoms with Crippen molar-refractivity contribution in [1.29, 1.82) is 0 Å². The van der Waals surface area contributed by atoms with E-state index in [0.29, 0.717) is 24.4 Å². The van der Waals surface area contributed by atoms with E-state index in [1.807, 2.05) is 37.3 Å². The van der Waals surface area contributed by atoms with Crippen LogP contribution in [0.4, 0.5) is 10.1 Å². The molecule has 0 aliphatic heterocycles. The van der Waals surface area contributed by atoms with E-state index < -0.39 is 6.10 Å². The van der Waals surface area contributed by atoms with Crippen LogP contribution in [0, 0.1) is 5.82 Å². The molecule has 0 radical (unpaired) electrons. The fraction of sp³-hybridized carbons (Fsp3) is 0.200. The summed E-state index contributed by atoms with van der Waals surface area (Å²) in [5, 5.41) is 7.04. The van der Waals surface area contributed by atoms with Gasteiger partial charge in [-0.1, -0.05) is 37.3 Å². The lowest BCUT2D eigenvalue weighted by Crippen LogP contribution is -2.32. The van der Waals surface area contributed by atoms with Gasteiger partial charge >= 0.3 is 0 Å². The molecular weight excluding hydrogens is 333 g/mol. The summed E-state index contributed by atoms with van der Waals surface area (Å²) in [6, 6.07) is 15.5. The van der Waals surface area contributed by atoms with Gasteiger partial charge in [0.25, 0.3) is 5.91 Å². The molecule has 0 aliphatic carbocycles. The molecule has 26 heavy (non-hydrogen) atoms. The van der Waals surface area contributed by atoms with Gasteiger partial charge in [0.05, 0.1) is 18.4 Å². The number of hydrogen-bond acceptors (Lipinski definition) is 3. The van der Waals surface area contributed by atoms with Crippen LogP contribution in [0.2, 0.25) is 0 Å². The summed E-state index contributed by atoms with van der Waals surface area (Å²) >= 11 is 0. The lowest BCUT2D eigenvalue weighted by molar-refractivity contribution is -0.122. The Balaban J connectivity index is 1.60. The van der Waals surface area contributed by atoms with Crippen molar-refractivity contribution in [2.45, 2.75) is 26.0 Å². The zero-order valence-electron chi connectivity index (χ0n) is 14.4. The lowest BCUT2D eigenvalue weighted by Gasteiger charge is -2.16. The second-order valence-corrected chi connectivity index (χ2v) is 5.87. The number of amides is 1. The molecule has 0 saturated heterocycles. The van der Waals surface area contributed by atoms with Crippen molar-refractivity contribution in [2.75, 3.05) is 5.32 Å². The molecule has 1 N–H and O–H groups in total. The molecule has 1 heterocycles. The van der Waals surface area contributed by atoms with Crippen LogP contribution in [0.15, 0.2) is 67.0 Å². The minimum atomic E-state index is -0.585. The van der Waals surface area contributed by atoms with Crippen molar-refractivity contribution in [1.82, 2.24) is 9.78 Å². The predicted molar refractivity (Wildman–Crippen MR) is 97.5 cm³/mol. The minimum absolute atomic E-state index is 0.224. The third-order valence-electron chi connectivity index (χ3n) is 3.84. The summed E-state index contributed by atoms with van der Waals surface area (Å²) in [6.45, 7) is 2.39. The number of nitrogens with zero attached hydrogens (tertiary/aromatic N) is 2. The second-order valence-electron chi connectivity index (χ2n) is 5.87. The summed E-state index contributed by atoms with van der Waals surface area (Å²) in [7, 11) is 0. The number of aromatic nitrogens is 2. The molecule has 2 aromatic carbocycles. The average Bonchev–Trinajstić information content (AvgIpc) is 3.09. The average molecular weight is 353 g/mol. The summed E-state index contributed by atoms with van der Waals surface area (Å²) in [6.07, 6.45) is 3.27. The van der Waals surface area contributed by atoms with Crippen LogP contribution in [-0.4, -0.2) is 21.8 Å². The first-order valence-electron chi connectivity index (χ1n) is 8.43. The Bertz CT molecular complexity index is 847. The van der Waals surface area contributed by atoms with Crippen molar-refractivity contribution < 1.29 is 13.9 Å². The Kier molecular flexibility index (Phi) is 5.63. The van der Waals surface area contributed by atoms with Gasteiger partial charge < -0.3 is 10.1 Å². The number of rotatable bonds is 7. The summed E-state index contributed by atoms with van der Waals surface area (Å²) < 4.78 is 20.4. The highest BCUT2D eigenvalue weighted by Gasteiger charge is 2.19. The van der Waals surface area contributed by atoms with Gasteiger partial charge in [-0.2, -0.15) is 5.10 Å². The van der Waals surface area contributed by atoms with E-state index in [1.165, 1.54) is 12.1 Å². The Morgan fingerprint density at radius 3 is 2.62 bits per heavy atom. The van der Waals surface area contributed by atoms with Crippen LogP contribution in [0.1, 0.15) is 18.9 Å². The number of para-hydroxylation sites is 1. The third-order valence-corrected chi connectivity index (χ3v) is 3.84. The van der Waals surface area contributed by atoms with Crippen LogP contribution in [0.5, 0.6) is 5.75 Å². The van der Waals surface area contributed by atoms with Crippen LogP contribution in [0.25, 0.3) is 0 Å². The third kappa shape index (κ3) is 4.69. The molecule has 0 saturated carbocycles. The van der Waals surface area contributed by atoms with E-state index in [9.17, 15) is 9.18 Å². The van der Waals surface area contributed by atoms with Gasteiger partial charge in [0.15, 0.2) is 6.10 Å². The molecule has 0 fully saturated rings. The SMILES string of the molecule is CC[C@@H](Oc1ccccc1)C(=O)Nc1cnn(Cc2ccc(F)cc2)c1. The molecule has 0 bridgehead atoms. The maximum Gasteiger partial charge on any atom is 0.265 e. The fourth-order valence-corrected chi connectivity index (χ4v) is 2.50. The van der Waals surface area contributed by atoms with Crippen LogP contribution < -0.4 is 10.1 Å². The van der Waals surface area contributed by atoms with E-state index in [0.717, 1.165) is 5.56 Å². The van der Waals surface area contributed by atoms with Gasteiger partial charge in [0.1, 0.15) is 11.6 Å². The van der Waals surface area contributed by atoms with Crippen molar-refractivity contribution in [3.8, 4) is 5.75 Å². The van der Waals surface area contributed by atoms with Gasteiger partial charge in [0.2, 0.25) is 0 Å². The first-order valence-corrected chi connectivity index (χ1v) is 8.43. The molecule has 0 unspecified atom stereocenters. The van der Waals surface area contributed by atoms with Gasteiger partial charge in [0, 0.05) is 6.20 Å². The van der Waals surface area contributed by atoms with Crippen molar-refractivity contribution >= 4 is 11.6 Å². The molecule has 1 amide bonds. The molecule has 1 atom stereocenters. The number of carbonyl (C=O) groups excluding carboxylic acids is 1. The number of benzene rings is 2. The van der Waals surface area contributed by atoms with Gasteiger partial charge in [-0.25, -0.2) is 4.39 Å². The minimum Gasteiger partial charge on any atom is -0.481 e. The van der Waals surface area contributed by atoms with E-state index >= 15 is 0 Å². The lowest BCUT2D eigenvalue weighted by atomic mass is 10.2. The molecule has 5 nitrogen and oxygen atoms in total. The number of anilines is 1. The van der Waals surface area contributed by atoms with Crippen LogP contribution in [0.3, 0.4) is 0 Å². The van der Waals surface area contributed by atoms with Crippen molar-refractivity contribution in [2.24, 2.45) is 0 Å². The Labute approximate surface area is 151 Å². The highest BCUT2D eigenvalue weighted by molar-refractivity contribution is 5.94. The maximum atomic E-state index is 13.0. The number of hydrogen-bond donors (Lipinski definition) is 1. The fourth-order valence-electron chi connectivity index (χ4n) is 2.50. The second kappa shape index (κ2) is 8.29. The largest absolute Gasteiger partial charge is 0.481 e. The van der Waals surface area contributed by atoms with Crippen LogP contribution >= 0.6 is 0 Å². The highest BCUT2D eigenvalue weighted by Crippen LogP contribution is 2.15. The monoisotopic (exact) mass is 353 g/mol. The molecule has 6 heteroatoms. The molecule has 1 aromatic heterocycles. The predicted octanol–water partition coefficient (Wildman–Crippen LogP) is 3.87. The quantitative estimate of drug-likeness (QED) is 0.702. The highest BCUT2D eigenvalue weighted by atomic mass is 19.1. The van der Waals surface area contributed by atoms with E-state index in [-0.39, 0.29) is 11.7 Å². The molecule has 0 aliphatic rings. The number of carbonyl (C=O) groups is 1. The van der Waals surface area contributed by atoms with E-state index in [2.05, 4.69) is 10.4 Å². The Morgan fingerprint density at radius 1 is 1.19 bits per heavy atom. The van der Waals surface area contributed by atoms with E-state index in [1.54, 1.807) is 29.2 Å². The topological polar surface area (TPSA) is 56.1 Å². The van der Waals surface area contributed by atoms with Gasteiger partial charge in [-0.3, -0.25) is 9.48 Å². The zero-order valence-corrected chi connectivity index (χ0v) is 14.4. The Hall–Kier alpha value is -3.15. The first kappa shape index (κ1) is 17.7. The number of ether oxygens (including phenoxy) is 1. The van der Waals surface area contributed by atoms with E-state index in [4.69, 9.17) is 4.74 Å². The molecular formula is C20H20FN3O2. The van der Waals surface area contributed by atoms with Gasteiger partial charge in [-0.15, -0.1) is 0 Å². The molecule has 134 valence electrons. The Morgan fingerprint density at radius 2 is 1.92 bits per heavy atom. The van der Waals surface area contributed by atoms with Gasteiger partial charge in [-0.05, 0) is 36.2 Å². The standard InChI is InChI=1S/C20H20FN3O2/c1-2-19(26-18-6-4-3-5-7-18)20(25)23-17-12-22-24(14-17)13-15-8-10-16(21)11-9-15/h3-12,14,19H,2,13H2,1H3,(H,23,25)/t19-/m1/s1. The van der Waals surface area contributed by atoms with Crippen molar-refractivity contribution in [3.05, 3.63) is 78.4 Å². The van der Waals surface area contributed by atoms with Crippen LogP contribution in [-0.2, 0) is 11.3 Å². The number of nitrogens with one attached hydrogen (secondary N) is 1. The smallest absolute Gasteiger partial charge is 0.265 e. The molecule has 3 rings (SSSR count). The maximum absolute atomic E-state index is 13.0.